The second-order valence-electron chi connectivity index (χ2n) is 5.18. The Balaban J connectivity index is 2.66. The van der Waals surface area contributed by atoms with Crippen LogP contribution in [0.4, 0.5) is 0 Å². The third kappa shape index (κ3) is 7.05. The highest BCUT2D eigenvalue weighted by Gasteiger charge is 2.12. The van der Waals surface area contributed by atoms with Crippen LogP contribution in [0.3, 0.4) is 0 Å². The van der Waals surface area contributed by atoms with Gasteiger partial charge in [0, 0.05) is 17.2 Å². The zero-order valence-corrected chi connectivity index (χ0v) is 14.0. The highest BCUT2D eigenvalue weighted by Crippen LogP contribution is 2.23. The smallest absolute Gasteiger partial charge is 0.305 e. The van der Waals surface area contributed by atoms with Crippen LogP contribution in [0.1, 0.15) is 37.3 Å². The van der Waals surface area contributed by atoms with E-state index in [2.05, 4.69) is 4.74 Å². The second kappa shape index (κ2) is 9.16. The van der Waals surface area contributed by atoms with Crippen molar-refractivity contribution < 1.29 is 14.6 Å². The summed E-state index contributed by atoms with van der Waals surface area (Å²) in [6.45, 7) is 1.92. The quantitative estimate of drug-likeness (QED) is 0.576. The zero-order valence-electron chi connectivity index (χ0n) is 12.4. The Morgan fingerprint density at radius 1 is 1.29 bits per heavy atom. The molecule has 0 spiro atoms. The largest absolute Gasteiger partial charge is 0.508 e. The van der Waals surface area contributed by atoms with Gasteiger partial charge in [0.15, 0.2) is 0 Å². The average Bonchev–Trinajstić information content (AvgIpc) is 2.42. The molecule has 0 saturated carbocycles. The first-order valence-electron chi connectivity index (χ1n) is 7.08. The number of aryl methyl sites for hydroxylation is 2. The number of benzene rings is 1. The number of aromatic hydroxyl groups is 1. The Morgan fingerprint density at radius 3 is 2.62 bits per heavy atom. The van der Waals surface area contributed by atoms with Crippen LogP contribution in [0, 0.1) is 0 Å². The van der Waals surface area contributed by atoms with Crippen LogP contribution < -0.4 is 0 Å². The molecule has 0 aliphatic carbocycles. The van der Waals surface area contributed by atoms with E-state index < -0.39 is 0 Å². The molecule has 2 atom stereocenters. The number of carbonyl (C=O) groups excluding carboxylic acids is 1. The van der Waals surface area contributed by atoms with E-state index >= 15 is 0 Å². The molecule has 0 aliphatic heterocycles. The van der Waals surface area contributed by atoms with Crippen molar-refractivity contribution in [1.29, 1.82) is 0 Å². The molecule has 1 aromatic rings. The standard InChI is InChI=1S/C16H22Cl2O3/c1-11(17)9-14(18)6-3-13-10-15(19)7-4-12(13)5-8-16(20)21-2/h4,7,10-11,14,19H,3,5-6,8-9H2,1-2H3. The van der Waals surface area contributed by atoms with Gasteiger partial charge in [0.2, 0.25) is 0 Å². The zero-order chi connectivity index (χ0) is 15.8. The first kappa shape index (κ1) is 18.1. The van der Waals surface area contributed by atoms with Gasteiger partial charge in [-0.15, -0.1) is 23.2 Å². The molecule has 0 heterocycles. The molecular formula is C16H22Cl2O3. The van der Waals surface area contributed by atoms with Crippen molar-refractivity contribution in [3.05, 3.63) is 29.3 Å². The molecule has 3 nitrogen and oxygen atoms in total. The van der Waals surface area contributed by atoms with Crippen molar-refractivity contribution in [3.8, 4) is 5.75 Å². The van der Waals surface area contributed by atoms with E-state index in [1.54, 1.807) is 12.1 Å². The van der Waals surface area contributed by atoms with Gasteiger partial charge in [-0.2, -0.15) is 0 Å². The van der Waals surface area contributed by atoms with Gasteiger partial charge in [0.1, 0.15) is 5.75 Å². The van der Waals surface area contributed by atoms with Crippen molar-refractivity contribution in [2.75, 3.05) is 7.11 Å². The first-order valence-corrected chi connectivity index (χ1v) is 7.95. The molecule has 0 aromatic heterocycles. The lowest BCUT2D eigenvalue weighted by atomic mass is 9.97. The lowest BCUT2D eigenvalue weighted by molar-refractivity contribution is -0.140. The van der Waals surface area contributed by atoms with E-state index in [0.29, 0.717) is 12.8 Å². The Kier molecular flexibility index (Phi) is 7.91. The number of hydrogen-bond acceptors (Lipinski definition) is 3. The molecule has 2 unspecified atom stereocenters. The van der Waals surface area contributed by atoms with Crippen LogP contribution in [0.25, 0.3) is 0 Å². The second-order valence-corrected chi connectivity index (χ2v) is 6.54. The number of methoxy groups -OCH3 is 1. The molecule has 5 heteroatoms. The van der Waals surface area contributed by atoms with Crippen molar-refractivity contribution in [1.82, 2.24) is 0 Å². The topological polar surface area (TPSA) is 46.5 Å². The monoisotopic (exact) mass is 332 g/mol. The van der Waals surface area contributed by atoms with Gasteiger partial charge in [-0.1, -0.05) is 6.07 Å². The number of hydrogen-bond donors (Lipinski definition) is 1. The van der Waals surface area contributed by atoms with Crippen molar-refractivity contribution in [2.45, 2.75) is 49.8 Å². The molecule has 1 aromatic carbocycles. The Labute approximate surface area is 136 Å². The number of rotatable bonds is 8. The summed E-state index contributed by atoms with van der Waals surface area (Å²) in [4.78, 5) is 11.2. The van der Waals surface area contributed by atoms with Crippen LogP contribution >= 0.6 is 23.2 Å². The SMILES string of the molecule is COC(=O)CCc1ccc(O)cc1CCC(Cl)CC(C)Cl. The van der Waals surface area contributed by atoms with Gasteiger partial charge >= 0.3 is 5.97 Å². The fourth-order valence-electron chi connectivity index (χ4n) is 2.21. The van der Waals surface area contributed by atoms with Gasteiger partial charge < -0.3 is 9.84 Å². The number of phenols is 1. The molecule has 118 valence electrons. The number of esters is 1. The van der Waals surface area contributed by atoms with Crippen LogP contribution in [0.15, 0.2) is 18.2 Å². The highest BCUT2D eigenvalue weighted by atomic mass is 35.5. The molecule has 1 rings (SSSR count). The van der Waals surface area contributed by atoms with Crippen molar-refractivity contribution >= 4 is 29.2 Å². The fourth-order valence-corrected chi connectivity index (χ4v) is 2.89. The Hall–Kier alpha value is -0.930. The highest BCUT2D eigenvalue weighted by molar-refractivity contribution is 6.23. The van der Waals surface area contributed by atoms with Gasteiger partial charge in [0.05, 0.1) is 7.11 Å². The summed E-state index contributed by atoms with van der Waals surface area (Å²) < 4.78 is 4.65. The average molecular weight is 333 g/mol. The fraction of sp³-hybridized carbons (Fsp3) is 0.562. The third-order valence-corrected chi connectivity index (χ3v) is 3.90. The predicted molar refractivity (Wildman–Crippen MR) is 86.3 cm³/mol. The summed E-state index contributed by atoms with van der Waals surface area (Å²) >= 11 is 12.2. The lowest BCUT2D eigenvalue weighted by Gasteiger charge is -2.13. The molecule has 0 fully saturated rings. The Bertz CT molecular complexity index is 461. The number of halogens is 2. The van der Waals surface area contributed by atoms with E-state index in [9.17, 15) is 9.90 Å². The molecule has 21 heavy (non-hydrogen) atoms. The number of phenolic OH excluding ortho intramolecular Hbond substituents is 1. The maximum atomic E-state index is 11.2. The number of ether oxygens (including phenoxy) is 1. The maximum Gasteiger partial charge on any atom is 0.305 e. The lowest BCUT2D eigenvalue weighted by Crippen LogP contribution is -2.08. The van der Waals surface area contributed by atoms with E-state index in [4.69, 9.17) is 23.2 Å². The molecule has 1 N–H and O–H groups in total. The van der Waals surface area contributed by atoms with Gasteiger partial charge in [-0.25, -0.2) is 0 Å². The van der Waals surface area contributed by atoms with Crippen LogP contribution in [0.2, 0.25) is 0 Å². The summed E-state index contributed by atoms with van der Waals surface area (Å²) in [5, 5.41) is 9.69. The van der Waals surface area contributed by atoms with E-state index in [-0.39, 0.29) is 22.5 Å². The van der Waals surface area contributed by atoms with Crippen LogP contribution in [-0.4, -0.2) is 28.9 Å². The first-order chi connectivity index (χ1) is 9.92. The maximum absolute atomic E-state index is 11.2. The minimum Gasteiger partial charge on any atom is -0.508 e. The summed E-state index contributed by atoms with van der Waals surface area (Å²) in [5.74, 6) is -0.0103. The van der Waals surface area contributed by atoms with Crippen molar-refractivity contribution in [2.24, 2.45) is 0 Å². The van der Waals surface area contributed by atoms with Crippen LogP contribution in [-0.2, 0) is 22.4 Å². The molecular weight excluding hydrogens is 311 g/mol. The summed E-state index contributed by atoms with van der Waals surface area (Å²) in [6.07, 6.45) is 3.22. The van der Waals surface area contributed by atoms with E-state index in [1.165, 1.54) is 7.11 Å². The van der Waals surface area contributed by atoms with Gasteiger partial charge in [-0.05, 0) is 55.9 Å². The third-order valence-electron chi connectivity index (χ3n) is 3.32. The number of carbonyl (C=O) groups is 1. The molecule has 0 amide bonds. The molecule has 0 bridgehead atoms. The van der Waals surface area contributed by atoms with E-state index in [0.717, 1.165) is 30.4 Å². The molecule has 0 aliphatic rings. The normalized spacial score (nSPS) is 13.7. The Morgan fingerprint density at radius 2 is 2.00 bits per heavy atom. The van der Waals surface area contributed by atoms with Gasteiger partial charge in [-0.3, -0.25) is 4.79 Å². The summed E-state index contributed by atoms with van der Waals surface area (Å²) in [5.41, 5.74) is 2.06. The van der Waals surface area contributed by atoms with Crippen molar-refractivity contribution in [3.63, 3.8) is 0 Å². The summed E-state index contributed by atoms with van der Waals surface area (Å²) in [7, 11) is 1.38. The summed E-state index contributed by atoms with van der Waals surface area (Å²) in [6, 6.07) is 5.22. The minimum atomic E-state index is -0.236. The minimum absolute atomic E-state index is 0.00769. The molecule has 0 radical (unpaired) electrons. The number of alkyl halides is 2. The van der Waals surface area contributed by atoms with E-state index in [1.807, 2.05) is 13.0 Å². The van der Waals surface area contributed by atoms with Crippen LogP contribution in [0.5, 0.6) is 5.75 Å². The molecule has 0 saturated heterocycles. The predicted octanol–water partition coefficient (Wildman–Crippen LogP) is 4.06. The van der Waals surface area contributed by atoms with Gasteiger partial charge in [0.25, 0.3) is 0 Å².